The highest BCUT2D eigenvalue weighted by Gasteiger charge is 2.23. The van der Waals surface area contributed by atoms with Gasteiger partial charge in [0, 0.05) is 56.4 Å². The topological polar surface area (TPSA) is 138 Å². The second-order valence-electron chi connectivity index (χ2n) is 8.49. The summed E-state index contributed by atoms with van der Waals surface area (Å²) in [7, 11) is 2.07. The number of aliphatic carboxylic acids is 1. The third-order valence-corrected chi connectivity index (χ3v) is 5.68. The summed E-state index contributed by atoms with van der Waals surface area (Å²) in [5.41, 5.74) is 2.25. The highest BCUT2D eigenvalue weighted by atomic mass is 16.4. The van der Waals surface area contributed by atoms with Gasteiger partial charge in [-0.1, -0.05) is 0 Å². The van der Waals surface area contributed by atoms with Crippen molar-refractivity contribution in [3.63, 3.8) is 0 Å². The van der Waals surface area contributed by atoms with E-state index in [1.54, 1.807) is 6.92 Å². The number of carbonyl (C=O) groups excluding carboxylic acids is 1. The molecule has 4 rings (SSSR count). The number of aryl methyl sites for hydroxylation is 1. The van der Waals surface area contributed by atoms with Gasteiger partial charge in [-0.3, -0.25) is 9.59 Å². The van der Waals surface area contributed by atoms with Gasteiger partial charge in [-0.05, 0) is 45.0 Å². The van der Waals surface area contributed by atoms with Gasteiger partial charge in [-0.25, -0.2) is 14.8 Å². The van der Waals surface area contributed by atoms with Crippen molar-refractivity contribution >= 4 is 11.9 Å². The van der Waals surface area contributed by atoms with Gasteiger partial charge < -0.3 is 25.1 Å². The Hall–Kier alpha value is -3.11. The molecule has 0 spiro atoms. The summed E-state index contributed by atoms with van der Waals surface area (Å²) < 4.78 is 5.49. The van der Waals surface area contributed by atoms with E-state index in [-0.39, 0.29) is 18.0 Å². The molecule has 1 unspecified atom stereocenters. The van der Waals surface area contributed by atoms with Crippen LogP contribution in [0.4, 0.5) is 0 Å². The van der Waals surface area contributed by atoms with E-state index < -0.39 is 17.5 Å². The van der Waals surface area contributed by atoms with Crippen molar-refractivity contribution in [3.05, 3.63) is 56.7 Å². The summed E-state index contributed by atoms with van der Waals surface area (Å²) in [5, 5.41) is 13.5. The number of fused-ring (bicyclic) bond motifs is 1. The summed E-state index contributed by atoms with van der Waals surface area (Å²) in [6, 6.07) is 1.82. The van der Waals surface area contributed by atoms with E-state index in [0.29, 0.717) is 17.1 Å². The number of nitrogens with one attached hydrogen (secondary N) is 2. The Bertz CT molecular complexity index is 1060. The monoisotopic (exact) mass is 457 g/mol. The third-order valence-electron chi connectivity index (χ3n) is 5.68. The molecule has 0 bridgehead atoms. The maximum atomic E-state index is 12.6. The number of piperidine rings is 1. The Balaban J connectivity index is 0.000000709. The molecule has 0 radical (unpaired) electrons. The molecule has 1 atom stereocenters. The number of nitrogens with zero attached hydrogens (tertiary/aromatic N) is 3. The van der Waals surface area contributed by atoms with Gasteiger partial charge in [-0.2, -0.15) is 0 Å². The maximum Gasteiger partial charge on any atom is 0.349 e. The van der Waals surface area contributed by atoms with Crippen LogP contribution in [0.25, 0.3) is 0 Å². The van der Waals surface area contributed by atoms with Gasteiger partial charge in [0.1, 0.15) is 17.1 Å². The van der Waals surface area contributed by atoms with Gasteiger partial charge in [0.2, 0.25) is 0 Å². The molecule has 3 N–H and O–H groups in total. The number of aromatic nitrogens is 2. The summed E-state index contributed by atoms with van der Waals surface area (Å²) in [4.78, 5) is 45.3. The Morgan fingerprint density at radius 1 is 1.39 bits per heavy atom. The lowest BCUT2D eigenvalue weighted by molar-refractivity contribution is -0.134. The number of likely N-dealkylation sites (N-methyl/N-ethyl adjacent to an activating group) is 1. The Morgan fingerprint density at radius 2 is 2.15 bits per heavy atom. The third kappa shape index (κ3) is 6.69. The molecule has 10 heteroatoms. The average Bonchev–Trinajstić information content (AvgIpc) is 2.77. The van der Waals surface area contributed by atoms with E-state index in [4.69, 9.17) is 14.3 Å². The molecule has 0 aromatic carbocycles. The molecular weight excluding hydrogens is 426 g/mol. The Kier molecular flexibility index (Phi) is 8.29. The highest BCUT2D eigenvalue weighted by Crippen LogP contribution is 2.23. The second-order valence-corrected chi connectivity index (χ2v) is 8.49. The van der Waals surface area contributed by atoms with Crippen LogP contribution in [0.1, 0.15) is 64.4 Å². The maximum absolute atomic E-state index is 12.6. The fourth-order valence-corrected chi connectivity index (χ4v) is 4.03. The smallest absolute Gasteiger partial charge is 0.349 e. The van der Waals surface area contributed by atoms with Gasteiger partial charge >= 0.3 is 5.63 Å². The Morgan fingerprint density at radius 3 is 2.82 bits per heavy atom. The van der Waals surface area contributed by atoms with Gasteiger partial charge in [0.05, 0.1) is 6.54 Å². The number of hydrogen-bond acceptors (Lipinski definition) is 8. The largest absolute Gasteiger partial charge is 0.481 e. The van der Waals surface area contributed by atoms with Crippen LogP contribution in [0.5, 0.6) is 0 Å². The molecule has 1 fully saturated rings. The molecule has 4 heterocycles. The molecule has 2 aliphatic rings. The van der Waals surface area contributed by atoms with Crippen molar-refractivity contribution in [1.29, 1.82) is 0 Å². The summed E-state index contributed by atoms with van der Waals surface area (Å²) in [6.07, 6.45) is 4.72. The molecule has 2 aliphatic heterocycles. The lowest BCUT2D eigenvalue weighted by Crippen LogP contribution is -2.32. The van der Waals surface area contributed by atoms with Crippen LogP contribution in [0.3, 0.4) is 0 Å². The zero-order valence-corrected chi connectivity index (χ0v) is 19.3. The van der Waals surface area contributed by atoms with Gasteiger partial charge in [0.15, 0.2) is 0 Å². The van der Waals surface area contributed by atoms with Crippen LogP contribution in [0, 0.1) is 6.92 Å². The van der Waals surface area contributed by atoms with Crippen molar-refractivity contribution in [2.75, 3.05) is 26.7 Å². The molecule has 1 saturated heterocycles. The number of carboxylic acids is 1. The number of hydrogen-bond donors (Lipinski definition) is 3. The van der Waals surface area contributed by atoms with Crippen LogP contribution in [-0.2, 0) is 24.3 Å². The van der Waals surface area contributed by atoms with Crippen LogP contribution < -0.4 is 16.3 Å². The normalized spacial score (nSPS) is 18.0. The van der Waals surface area contributed by atoms with Crippen molar-refractivity contribution in [1.82, 2.24) is 25.5 Å². The average molecular weight is 458 g/mol. The van der Waals surface area contributed by atoms with Crippen LogP contribution in [0.15, 0.2) is 21.5 Å². The lowest BCUT2D eigenvalue weighted by Gasteiger charge is -2.23. The predicted molar refractivity (Wildman–Crippen MR) is 121 cm³/mol. The van der Waals surface area contributed by atoms with E-state index in [9.17, 15) is 9.59 Å². The van der Waals surface area contributed by atoms with E-state index in [0.717, 1.165) is 63.6 Å². The minimum Gasteiger partial charge on any atom is -0.481 e. The van der Waals surface area contributed by atoms with Gasteiger partial charge in [0.25, 0.3) is 11.9 Å². The zero-order valence-electron chi connectivity index (χ0n) is 19.3. The van der Waals surface area contributed by atoms with Crippen LogP contribution >= 0.6 is 0 Å². The van der Waals surface area contributed by atoms with Crippen molar-refractivity contribution in [2.45, 2.75) is 52.1 Å². The minimum absolute atomic E-state index is 0.0529. The quantitative estimate of drug-likeness (QED) is 0.618. The summed E-state index contributed by atoms with van der Waals surface area (Å²) in [6.45, 7) is 6.61. The zero-order chi connectivity index (χ0) is 24.0. The lowest BCUT2D eigenvalue weighted by atomic mass is 9.95. The van der Waals surface area contributed by atoms with Crippen LogP contribution in [0.2, 0.25) is 0 Å². The number of carboxylic acid groups (broad SMARTS) is 1. The number of rotatable bonds is 4. The van der Waals surface area contributed by atoms with Crippen molar-refractivity contribution in [2.24, 2.45) is 0 Å². The summed E-state index contributed by atoms with van der Waals surface area (Å²) in [5.74, 6) is 0.0913. The highest BCUT2D eigenvalue weighted by molar-refractivity contribution is 5.95. The SMILES string of the molecule is CC(=O)O.Cc1cc(C2CCCNC2)oc(=O)c1C(=O)NCc1ncc2c(n1)CCN(C)C2. The van der Waals surface area contributed by atoms with Crippen LogP contribution in [-0.4, -0.2) is 58.5 Å². The molecule has 0 aliphatic carbocycles. The molecule has 2 aromatic heterocycles. The van der Waals surface area contributed by atoms with Gasteiger partial charge in [-0.15, -0.1) is 0 Å². The molecule has 2 aromatic rings. The first-order valence-corrected chi connectivity index (χ1v) is 11.1. The predicted octanol–water partition coefficient (Wildman–Crippen LogP) is 1.21. The first-order valence-electron chi connectivity index (χ1n) is 11.1. The first kappa shape index (κ1) is 24.5. The number of amides is 1. The van der Waals surface area contributed by atoms with Crippen molar-refractivity contribution in [3.8, 4) is 0 Å². The van der Waals surface area contributed by atoms with E-state index in [2.05, 4.69) is 32.5 Å². The second kappa shape index (κ2) is 11.2. The number of carbonyl (C=O) groups is 2. The Labute approximate surface area is 192 Å². The fraction of sp³-hybridized carbons (Fsp3) is 0.522. The van der Waals surface area contributed by atoms with E-state index in [1.807, 2.05) is 12.3 Å². The molecule has 10 nitrogen and oxygen atoms in total. The minimum atomic E-state index is -0.833. The summed E-state index contributed by atoms with van der Waals surface area (Å²) >= 11 is 0. The van der Waals surface area contributed by atoms with Crippen molar-refractivity contribution < 1.29 is 19.1 Å². The molecule has 1 amide bonds. The molecule has 0 saturated carbocycles. The molecular formula is C23H31N5O5. The fourth-order valence-electron chi connectivity index (χ4n) is 4.03. The first-order chi connectivity index (χ1) is 15.7. The van der Waals surface area contributed by atoms with E-state index >= 15 is 0 Å². The molecule has 33 heavy (non-hydrogen) atoms. The standard InChI is InChI=1S/C21H27N5O3.C2H4O2/c1-13-8-17(14-4-3-6-22-9-14)29-21(28)19(13)20(27)24-11-18-23-10-15-12-26(2)7-5-16(15)25-18;1-2(3)4/h8,10,14,22H,3-7,9,11-12H2,1-2H3,(H,24,27);1H3,(H,3,4). The van der Waals surface area contributed by atoms with E-state index in [1.165, 1.54) is 0 Å². The molecule has 178 valence electrons.